The molecule has 0 atom stereocenters. The summed E-state index contributed by atoms with van der Waals surface area (Å²) in [5, 5.41) is 4.11. The van der Waals surface area contributed by atoms with E-state index in [1.54, 1.807) is 10.6 Å². The molecule has 2 aromatic rings. The Kier molecular flexibility index (Phi) is 2.78. The van der Waals surface area contributed by atoms with Gasteiger partial charge >= 0.3 is 0 Å². The van der Waals surface area contributed by atoms with Gasteiger partial charge in [0.2, 0.25) is 0 Å². The van der Waals surface area contributed by atoms with E-state index in [0.717, 1.165) is 22.5 Å². The highest BCUT2D eigenvalue weighted by atomic mass is 15.3. The molecule has 0 radical (unpaired) electrons. The second kappa shape index (κ2) is 4.25. The van der Waals surface area contributed by atoms with Crippen LogP contribution >= 0.6 is 0 Å². The number of hydrogen-bond acceptors (Lipinski definition) is 3. The van der Waals surface area contributed by atoms with E-state index < -0.39 is 0 Å². The summed E-state index contributed by atoms with van der Waals surface area (Å²) in [4.78, 5) is 4.17. The van der Waals surface area contributed by atoms with Gasteiger partial charge < -0.3 is 5.73 Å². The Morgan fingerprint density at radius 1 is 1.47 bits per heavy atom. The summed E-state index contributed by atoms with van der Waals surface area (Å²) >= 11 is 0. The zero-order chi connectivity index (χ0) is 12.4. The molecule has 17 heavy (non-hydrogen) atoms. The van der Waals surface area contributed by atoms with Crippen molar-refractivity contribution in [3.8, 4) is 0 Å². The third kappa shape index (κ3) is 1.85. The molecule has 0 unspecified atom stereocenters. The van der Waals surface area contributed by atoms with Crippen LogP contribution < -0.4 is 5.73 Å². The lowest BCUT2D eigenvalue weighted by molar-refractivity contribution is 0.938. The summed E-state index contributed by atoms with van der Waals surface area (Å²) in [7, 11) is 0. The van der Waals surface area contributed by atoms with Crippen molar-refractivity contribution in [1.82, 2.24) is 14.6 Å². The zero-order valence-electron chi connectivity index (χ0n) is 9.72. The maximum atomic E-state index is 5.76. The molecule has 86 valence electrons. The highest BCUT2D eigenvalue weighted by molar-refractivity contribution is 5.77. The van der Waals surface area contributed by atoms with Gasteiger partial charge in [0.05, 0.1) is 11.4 Å². The van der Waals surface area contributed by atoms with Crippen molar-refractivity contribution in [3.05, 3.63) is 55.0 Å². The predicted octanol–water partition coefficient (Wildman–Crippen LogP) is 2.25. The minimum absolute atomic E-state index is 0.460. The summed E-state index contributed by atoms with van der Waals surface area (Å²) < 4.78 is 1.67. The van der Waals surface area contributed by atoms with Crippen molar-refractivity contribution in [2.75, 3.05) is 0 Å². The Labute approximate surface area is 99.8 Å². The smallest absolute Gasteiger partial charge is 0.156 e. The fourth-order valence-corrected chi connectivity index (χ4v) is 1.72. The van der Waals surface area contributed by atoms with Crippen LogP contribution in [0.15, 0.2) is 43.8 Å². The van der Waals surface area contributed by atoms with E-state index in [1.165, 1.54) is 6.33 Å². The number of allylic oxidation sites excluding steroid dienone is 3. The van der Waals surface area contributed by atoms with Crippen LogP contribution in [0.5, 0.6) is 0 Å². The van der Waals surface area contributed by atoms with E-state index in [0.29, 0.717) is 5.70 Å². The van der Waals surface area contributed by atoms with Gasteiger partial charge in [-0.2, -0.15) is 5.10 Å². The lowest BCUT2D eigenvalue weighted by Crippen LogP contribution is -2.04. The van der Waals surface area contributed by atoms with Crippen LogP contribution in [0.3, 0.4) is 0 Å². The molecule has 0 aliphatic heterocycles. The second-order valence-electron chi connectivity index (χ2n) is 3.63. The maximum absolute atomic E-state index is 5.76. The van der Waals surface area contributed by atoms with Crippen molar-refractivity contribution in [1.29, 1.82) is 0 Å². The molecule has 0 saturated carbocycles. The monoisotopic (exact) mass is 226 g/mol. The average molecular weight is 226 g/mol. The topological polar surface area (TPSA) is 56.2 Å². The molecule has 2 N–H and O–H groups in total. The third-order valence-corrected chi connectivity index (χ3v) is 2.57. The largest absolute Gasteiger partial charge is 0.397 e. The van der Waals surface area contributed by atoms with E-state index in [-0.39, 0.29) is 0 Å². The van der Waals surface area contributed by atoms with Gasteiger partial charge in [-0.1, -0.05) is 25.3 Å². The van der Waals surface area contributed by atoms with Crippen LogP contribution in [0, 0.1) is 0 Å². The lowest BCUT2D eigenvalue weighted by Gasteiger charge is -2.08. The van der Waals surface area contributed by atoms with E-state index in [9.17, 15) is 0 Å². The molecule has 0 bridgehead atoms. The van der Waals surface area contributed by atoms with Gasteiger partial charge in [-0.15, -0.1) is 0 Å². The molecule has 0 amide bonds. The summed E-state index contributed by atoms with van der Waals surface area (Å²) in [5.74, 6) is 0. The highest BCUT2D eigenvalue weighted by Crippen LogP contribution is 2.20. The normalized spacial score (nSPS) is 11.7. The fraction of sp³-hybridized carbons (Fsp3) is 0.0769. The molecule has 0 spiro atoms. The minimum atomic E-state index is 0.460. The fourth-order valence-electron chi connectivity index (χ4n) is 1.72. The number of pyridine rings is 1. The van der Waals surface area contributed by atoms with Gasteiger partial charge in [0.25, 0.3) is 0 Å². The molecule has 0 aliphatic carbocycles. The number of nitrogens with two attached hydrogens (primary N) is 1. The minimum Gasteiger partial charge on any atom is -0.397 e. The summed E-state index contributed by atoms with van der Waals surface area (Å²) in [6.45, 7) is 9.50. The van der Waals surface area contributed by atoms with Crippen molar-refractivity contribution in [2.45, 2.75) is 6.92 Å². The van der Waals surface area contributed by atoms with Crippen molar-refractivity contribution in [3.63, 3.8) is 0 Å². The third-order valence-electron chi connectivity index (χ3n) is 2.57. The van der Waals surface area contributed by atoms with Gasteiger partial charge in [0.15, 0.2) is 5.65 Å². The first-order valence-corrected chi connectivity index (χ1v) is 5.25. The van der Waals surface area contributed by atoms with Gasteiger partial charge in [0.1, 0.15) is 6.33 Å². The van der Waals surface area contributed by atoms with Crippen LogP contribution in [0.25, 0.3) is 16.9 Å². The van der Waals surface area contributed by atoms with Crippen LogP contribution in [0.2, 0.25) is 0 Å². The van der Waals surface area contributed by atoms with Crippen molar-refractivity contribution >= 4 is 16.9 Å². The molecule has 2 heterocycles. The highest BCUT2D eigenvalue weighted by Gasteiger charge is 2.08. The first kappa shape index (κ1) is 11.1. The Morgan fingerprint density at radius 3 is 2.82 bits per heavy atom. The molecule has 0 saturated heterocycles. The Morgan fingerprint density at radius 2 is 2.24 bits per heavy atom. The summed E-state index contributed by atoms with van der Waals surface area (Å²) in [5.41, 5.74) is 9.74. The van der Waals surface area contributed by atoms with E-state index in [4.69, 9.17) is 5.73 Å². The number of fused-ring (bicyclic) bond motifs is 1. The number of rotatable bonds is 3. The van der Waals surface area contributed by atoms with Crippen LogP contribution in [-0.4, -0.2) is 14.6 Å². The molecular formula is C13H14N4. The Bertz CT molecular complexity index is 619. The standard InChI is InChI=1S/C13H14N4/c1-4-10(5-2)11-6-12(9(3)14)17-13(7-11)15-8-16-17/h4-8H,1,3,14H2,2H3/b10-5+. The summed E-state index contributed by atoms with van der Waals surface area (Å²) in [6.07, 6.45) is 5.28. The lowest BCUT2D eigenvalue weighted by atomic mass is 10.1. The van der Waals surface area contributed by atoms with E-state index in [1.807, 2.05) is 25.1 Å². The first-order valence-electron chi connectivity index (χ1n) is 5.25. The van der Waals surface area contributed by atoms with Gasteiger partial charge in [-0.3, -0.25) is 0 Å². The van der Waals surface area contributed by atoms with Crippen molar-refractivity contribution < 1.29 is 0 Å². The van der Waals surface area contributed by atoms with Crippen LogP contribution in [0.1, 0.15) is 18.2 Å². The van der Waals surface area contributed by atoms with Crippen LogP contribution in [0.4, 0.5) is 0 Å². The molecule has 2 aromatic heterocycles. The van der Waals surface area contributed by atoms with Gasteiger partial charge in [0, 0.05) is 0 Å². The predicted molar refractivity (Wildman–Crippen MR) is 70.1 cm³/mol. The molecule has 2 rings (SSSR count). The van der Waals surface area contributed by atoms with E-state index >= 15 is 0 Å². The molecule has 4 nitrogen and oxygen atoms in total. The molecule has 0 fully saturated rings. The number of aromatic nitrogens is 3. The summed E-state index contributed by atoms with van der Waals surface area (Å²) in [6, 6.07) is 3.87. The van der Waals surface area contributed by atoms with E-state index in [2.05, 4.69) is 23.2 Å². The second-order valence-corrected chi connectivity index (χ2v) is 3.63. The van der Waals surface area contributed by atoms with Crippen molar-refractivity contribution in [2.24, 2.45) is 5.73 Å². The average Bonchev–Trinajstić information content (AvgIpc) is 2.77. The maximum Gasteiger partial charge on any atom is 0.156 e. The zero-order valence-corrected chi connectivity index (χ0v) is 9.72. The SMILES string of the molecule is C=C/C(=C\C)c1cc(C(=C)N)n2ncnc2c1. The molecule has 0 aliphatic rings. The Balaban J connectivity index is 2.75. The number of hydrogen-bond donors (Lipinski definition) is 1. The van der Waals surface area contributed by atoms with Crippen LogP contribution in [-0.2, 0) is 0 Å². The number of nitrogens with zero attached hydrogens (tertiary/aromatic N) is 3. The molecule has 4 heteroatoms. The quantitative estimate of drug-likeness (QED) is 0.817. The molecule has 0 aromatic carbocycles. The molecular weight excluding hydrogens is 212 g/mol. The Hall–Kier alpha value is -2.36. The van der Waals surface area contributed by atoms with Gasteiger partial charge in [-0.25, -0.2) is 9.50 Å². The van der Waals surface area contributed by atoms with Gasteiger partial charge in [-0.05, 0) is 30.2 Å². The first-order chi connectivity index (χ1) is 8.17.